The number of carbonyl (C=O) groups excluding carboxylic acids is 1. The van der Waals surface area contributed by atoms with Gasteiger partial charge in [0.2, 0.25) is 5.91 Å². The minimum absolute atomic E-state index is 0.152. The molecule has 1 fully saturated rings. The average molecular weight is 416 g/mol. The number of aromatic amines is 1. The number of amides is 1. The molecule has 2 aromatic carbocycles. The Morgan fingerprint density at radius 2 is 1.81 bits per heavy atom. The molecule has 4 nitrogen and oxygen atoms in total. The number of nitrogens with one attached hydrogen (secondary N) is 1. The second-order valence-electron chi connectivity index (χ2n) is 8.21. The fourth-order valence-electron chi connectivity index (χ4n) is 4.46. The topological polar surface area (TPSA) is 49.2 Å². The van der Waals surface area contributed by atoms with Crippen molar-refractivity contribution in [3.05, 3.63) is 84.0 Å². The Bertz CT molecular complexity index is 1170. The average Bonchev–Trinajstić information content (AvgIpc) is 3.45. The number of rotatable bonds is 5. The molecule has 4 aromatic rings. The summed E-state index contributed by atoms with van der Waals surface area (Å²) in [5.41, 5.74) is 2.88. The molecular formula is C26H25FN2O2. The summed E-state index contributed by atoms with van der Waals surface area (Å²) in [7, 11) is 0. The number of fused-ring (bicyclic) bond motifs is 1. The first-order chi connectivity index (χ1) is 15.2. The van der Waals surface area contributed by atoms with Gasteiger partial charge in [0, 0.05) is 43.1 Å². The Labute approximate surface area is 180 Å². The van der Waals surface area contributed by atoms with E-state index >= 15 is 0 Å². The van der Waals surface area contributed by atoms with E-state index in [1.54, 1.807) is 24.3 Å². The van der Waals surface area contributed by atoms with Crippen LogP contribution in [0.1, 0.15) is 36.6 Å². The van der Waals surface area contributed by atoms with Crippen molar-refractivity contribution in [3.63, 3.8) is 0 Å². The Hall–Kier alpha value is -3.34. The van der Waals surface area contributed by atoms with Gasteiger partial charge < -0.3 is 14.3 Å². The normalized spacial score (nSPS) is 14.9. The van der Waals surface area contributed by atoms with Crippen LogP contribution in [0.2, 0.25) is 0 Å². The minimum atomic E-state index is -0.308. The Balaban J connectivity index is 1.15. The van der Waals surface area contributed by atoms with Crippen LogP contribution in [0.15, 0.2) is 71.1 Å². The summed E-state index contributed by atoms with van der Waals surface area (Å²) in [6, 6.07) is 20.7. The van der Waals surface area contributed by atoms with Crippen molar-refractivity contribution in [3.8, 4) is 11.3 Å². The van der Waals surface area contributed by atoms with E-state index in [9.17, 15) is 9.18 Å². The molecule has 1 saturated heterocycles. The lowest BCUT2D eigenvalue weighted by Gasteiger charge is -2.31. The van der Waals surface area contributed by atoms with Gasteiger partial charge in [-0.05, 0) is 54.6 Å². The first-order valence-electron chi connectivity index (χ1n) is 10.9. The number of nitrogens with zero attached hydrogens (tertiary/aromatic N) is 1. The van der Waals surface area contributed by atoms with E-state index in [0.717, 1.165) is 25.9 Å². The van der Waals surface area contributed by atoms with Gasteiger partial charge in [0.05, 0.1) is 5.56 Å². The monoisotopic (exact) mass is 416 g/mol. The van der Waals surface area contributed by atoms with Gasteiger partial charge in [-0.25, -0.2) is 4.39 Å². The highest BCUT2D eigenvalue weighted by Gasteiger charge is 2.25. The molecule has 0 unspecified atom stereocenters. The molecule has 1 N–H and O–H groups in total. The fourth-order valence-corrected chi connectivity index (χ4v) is 4.46. The van der Waals surface area contributed by atoms with Gasteiger partial charge in [-0.2, -0.15) is 0 Å². The maximum atomic E-state index is 13.9. The number of halogens is 1. The van der Waals surface area contributed by atoms with Gasteiger partial charge in [-0.15, -0.1) is 0 Å². The molecule has 3 heterocycles. The maximum Gasteiger partial charge on any atom is 0.223 e. The fraction of sp³-hybridized carbons (Fsp3) is 0.269. The largest absolute Gasteiger partial charge is 0.461 e. The van der Waals surface area contributed by atoms with Gasteiger partial charge in [0.1, 0.15) is 17.3 Å². The highest BCUT2D eigenvalue weighted by Crippen LogP contribution is 2.30. The van der Waals surface area contributed by atoms with Gasteiger partial charge in [-0.3, -0.25) is 4.79 Å². The molecule has 0 atom stereocenters. The second-order valence-corrected chi connectivity index (χ2v) is 8.21. The van der Waals surface area contributed by atoms with Crippen molar-refractivity contribution in [2.75, 3.05) is 13.1 Å². The third-order valence-electron chi connectivity index (χ3n) is 6.22. The molecule has 0 saturated carbocycles. The number of furan rings is 1. The van der Waals surface area contributed by atoms with E-state index in [0.29, 0.717) is 35.8 Å². The molecule has 5 rings (SSSR count). The van der Waals surface area contributed by atoms with Crippen molar-refractivity contribution in [1.29, 1.82) is 0 Å². The quantitative estimate of drug-likeness (QED) is 0.440. The number of H-pyrrole nitrogens is 1. The molecule has 0 aliphatic carbocycles. The molecule has 5 heteroatoms. The van der Waals surface area contributed by atoms with Crippen LogP contribution < -0.4 is 0 Å². The number of para-hydroxylation sites is 1. The molecule has 1 aliphatic heterocycles. The predicted molar refractivity (Wildman–Crippen MR) is 119 cm³/mol. The molecule has 1 amide bonds. The summed E-state index contributed by atoms with van der Waals surface area (Å²) in [4.78, 5) is 18.2. The predicted octanol–water partition coefficient (Wildman–Crippen LogP) is 5.91. The third-order valence-corrected chi connectivity index (χ3v) is 6.22. The van der Waals surface area contributed by atoms with Crippen LogP contribution in [0.4, 0.5) is 4.39 Å². The van der Waals surface area contributed by atoms with Crippen molar-refractivity contribution in [1.82, 2.24) is 9.88 Å². The van der Waals surface area contributed by atoms with Crippen LogP contribution in [0.3, 0.4) is 0 Å². The van der Waals surface area contributed by atoms with E-state index < -0.39 is 0 Å². The number of hydrogen-bond acceptors (Lipinski definition) is 2. The lowest BCUT2D eigenvalue weighted by Crippen LogP contribution is -2.38. The van der Waals surface area contributed by atoms with E-state index in [1.165, 1.54) is 22.7 Å². The van der Waals surface area contributed by atoms with Crippen LogP contribution in [0.25, 0.3) is 22.2 Å². The standard InChI is InChI=1S/C26H25FN2O2/c27-22-7-3-2-6-21(22)25-11-9-20(31-25)10-12-26(30)29-15-13-18(14-16-29)24-17-19-5-1-4-8-23(19)28-24/h1-9,11,17-18,28H,10,12-16H2. The SMILES string of the molecule is O=C(CCc1ccc(-c2ccccc2F)o1)N1CCC(c2cc3ccccc3[nH]2)CC1. The summed E-state index contributed by atoms with van der Waals surface area (Å²) >= 11 is 0. The number of piperidine rings is 1. The molecule has 158 valence electrons. The highest BCUT2D eigenvalue weighted by molar-refractivity contribution is 5.80. The highest BCUT2D eigenvalue weighted by atomic mass is 19.1. The summed E-state index contributed by atoms with van der Waals surface area (Å²) < 4.78 is 19.7. The molecule has 0 radical (unpaired) electrons. The number of aryl methyl sites for hydroxylation is 1. The number of aromatic nitrogens is 1. The van der Waals surface area contributed by atoms with E-state index in [2.05, 4.69) is 29.2 Å². The van der Waals surface area contributed by atoms with Crippen LogP contribution in [-0.4, -0.2) is 28.9 Å². The van der Waals surface area contributed by atoms with Crippen LogP contribution in [-0.2, 0) is 11.2 Å². The molecule has 1 aliphatic rings. The van der Waals surface area contributed by atoms with Crippen molar-refractivity contribution >= 4 is 16.8 Å². The molecule has 0 bridgehead atoms. The Morgan fingerprint density at radius 1 is 1.03 bits per heavy atom. The summed E-state index contributed by atoms with van der Waals surface area (Å²) in [6.45, 7) is 1.55. The zero-order chi connectivity index (χ0) is 21.2. The Morgan fingerprint density at radius 3 is 2.61 bits per heavy atom. The number of likely N-dealkylation sites (tertiary alicyclic amines) is 1. The molecule has 2 aromatic heterocycles. The van der Waals surface area contributed by atoms with E-state index in [-0.39, 0.29) is 11.7 Å². The summed E-state index contributed by atoms with van der Waals surface area (Å²) in [5.74, 6) is 1.51. The van der Waals surface area contributed by atoms with Crippen molar-refractivity contribution in [2.45, 2.75) is 31.6 Å². The smallest absolute Gasteiger partial charge is 0.223 e. The lowest BCUT2D eigenvalue weighted by atomic mass is 9.93. The molecular weight excluding hydrogens is 391 g/mol. The minimum Gasteiger partial charge on any atom is -0.461 e. The second kappa shape index (κ2) is 8.42. The summed E-state index contributed by atoms with van der Waals surface area (Å²) in [6.07, 6.45) is 2.87. The third kappa shape index (κ3) is 4.13. The van der Waals surface area contributed by atoms with Crippen molar-refractivity contribution < 1.29 is 13.6 Å². The van der Waals surface area contributed by atoms with E-state index in [1.807, 2.05) is 17.0 Å². The molecule has 0 spiro atoms. The van der Waals surface area contributed by atoms with Crippen LogP contribution >= 0.6 is 0 Å². The van der Waals surface area contributed by atoms with Crippen LogP contribution in [0, 0.1) is 5.82 Å². The van der Waals surface area contributed by atoms with E-state index in [4.69, 9.17) is 4.42 Å². The first kappa shape index (κ1) is 19.6. The molecule has 31 heavy (non-hydrogen) atoms. The van der Waals surface area contributed by atoms with Gasteiger partial charge in [0.15, 0.2) is 0 Å². The first-order valence-corrected chi connectivity index (χ1v) is 10.9. The number of benzene rings is 2. The van der Waals surface area contributed by atoms with Crippen LogP contribution in [0.5, 0.6) is 0 Å². The van der Waals surface area contributed by atoms with Crippen molar-refractivity contribution in [2.24, 2.45) is 0 Å². The zero-order valence-corrected chi connectivity index (χ0v) is 17.3. The Kier molecular flexibility index (Phi) is 5.33. The van der Waals surface area contributed by atoms with Gasteiger partial charge in [0.25, 0.3) is 0 Å². The summed E-state index contributed by atoms with van der Waals surface area (Å²) in [5, 5.41) is 1.24. The lowest BCUT2D eigenvalue weighted by molar-refractivity contribution is -0.132. The number of carbonyl (C=O) groups is 1. The number of hydrogen-bond donors (Lipinski definition) is 1. The zero-order valence-electron chi connectivity index (χ0n) is 17.3. The van der Waals surface area contributed by atoms with Gasteiger partial charge in [-0.1, -0.05) is 30.3 Å². The maximum absolute atomic E-state index is 13.9. The van der Waals surface area contributed by atoms with Gasteiger partial charge >= 0.3 is 0 Å².